The summed E-state index contributed by atoms with van der Waals surface area (Å²) in [6, 6.07) is 5.56. The van der Waals surface area contributed by atoms with Crippen LogP contribution < -0.4 is 4.90 Å². The molecule has 4 nitrogen and oxygen atoms in total. The van der Waals surface area contributed by atoms with Gasteiger partial charge in [0.25, 0.3) is 0 Å². The number of hydrogen-bond acceptors (Lipinski definition) is 5. The van der Waals surface area contributed by atoms with Crippen LogP contribution in [0.4, 0.5) is 5.69 Å². The first-order valence-corrected chi connectivity index (χ1v) is 10.2. The van der Waals surface area contributed by atoms with Gasteiger partial charge in [-0.15, -0.1) is 0 Å². The summed E-state index contributed by atoms with van der Waals surface area (Å²) in [5.41, 5.74) is 1.67. The zero-order valence-electron chi connectivity index (χ0n) is 11.4. The lowest BCUT2D eigenvalue weighted by molar-refractivity contribution is 0.199. The normalized spacial score (nSPS) is 21.8. The van der Waals surface area contributed by atoms with Gasteiger partial charge in [-0.2, -0.15) is 11.8 Å². The summed E-state index contributed by atoms with van der Waals surface area (Å²) >= 11 is 5.16. The van der Waals surface area contributed by atoms with Crippen LogP contribution in [0.25, 0.3) is 0 Å². The van der Waals surface area contributed by atoms with Gasteiger partial charge in [-0.25, -0.2) is 8.42 Å². The third-order valence-corrected chi connectivity index (χ3v) is 6.62. The van der Waals surface area contributed by atoms with Crippen molar-refractivity contribution in [2.24, 2.45) is 0 Å². The van der Waals surface area contributed by atoms with Crippen molar-refractivity contribution >= 4 is 43.2 Å². The Labute approximate surface area is 132 Å². The molecule has 0 spiro atoms. The molecular weight excluding hydrogens is 362 g/mol. The Morgan fingerprint density at radius 1 is 1.50 bits per heavy atom. The van der Waals surface area contributed by atoms with Crippen molar-refractivity contribution in [3.63, 3.8) is 0 Å². The maximum atomic E-state index is 11.9. The minimum atomic E-state index is -3.13. The fraction of sp³-hybridized carbons (Fsp3) is 0.538. The van der Waals surface area contributed by atoms with Crippen molar-refractivity contribution in [2.75, 3.05) is 29.2 Å². The second-order valence-corrected chi connectivity index (χ2v) is 9.15. The van der Waals surface area contributed by atoms with Gasteiger partial charge >= 0.3 is 0 Å². The van der Waals surface area contributed by atoms with E-state index in [4.69, 9.17) is 0 Å². The Morgan fingerprint density at radius 2 is 2.20 bits per heavy atom. The third-order valence-electron chi connectivity index (χ3n) is 3.34. The Kier molecular flexibility index (Phi) is 5.05. The smallest absolute Gasteiger partial charge is 0.169 e. The van der Waals surface area contributed by atoms with E-state index in [1.54, 1.807) is 18.7 Å². The highest BCUT2D eigenvalue weighted by Crippen LogP contribution is 2.34. The maximum Gasteiger partial charge on any atom is 0.169 e. The zero-order chi connectivity index (χ0) is 14.9. The number of hydrogen-bond donors (Lipinski definition) is 1. The lowest BCUT2D eigenvalue weighted by atomic mass is 10.1. The molecule has 1 aliphatic heterocycles. The van der Waals surface area contributed by atoms with Gasteiger partial charge in [-0.05, 0) is 40.5 Å². The highest BCUT2D eigenvalue weighted by molar-refractivity contribution is 9.10. The molecule has 20 heavy (non-hydrogen) atoms. The van der Waals surface area contributed by atoms with Crippen LogP contribution in [-0.2, 0) is 9.84 Å². The second-order valence-electron chi connectivity index (χ2n) is 4.94. The van der Waals surface area contributed by atoms with E-state index in [0.29, 0.717) is 12.3 Å². The number of nitrogens with zero attached hydrogens (tertiary/aromatic N) is 1. The lowest BCUT2D eigenvalue weighted by Crippen LogP contribution is -2.47. The summed E-state index contributed by atoms with van der Waals surface area (Å²) in [6.07, 6.45) is 0.747. The molecule has 0 saturated carbocycles. The van der Waals surface area contributed by atoms with Crippen molar-refractivity contribution in [3.05, 3.63) is 28.2 Å². The topological polar surface area (TPSA) is 57.6 Å². The number of aliphatic hydroxyl groups is 1. The van der Waals surface area contributed by atoms with Crippen LogP contribution in [0.5, 0.6) is 0 Å². The van der Waals surface area contributed by atoms with Crippen LogP contribution in [0.1, 0.15) is 18.6 Å². The number of anilines is 1. The summed E-state index contributed by atoms with van der Waals surface area (Å²) in [6.45, 7) is 2.41. The van der Waals surface area contributed by atoms with Gasteiger partial charge in [0.05, 0.1) is 11.8 Å². The van der Waals surface area contributed by atoms with Crippen molar-refractivity contribution < 1.29 is 13.5 Å². The van der Waals surface area contributed by atoms with E-state index in [1.165, 1.54) is 6.26 Å². The lowest BCUT2D eigenvalue weighted by Gasteiger charge is -2.36. The molecule has 1 N–H and O–H groups in total. The average Bonchev–Trinajstić information content (AvgIpc) is 2.37. The quantitative estimate of drug-likeness (QED) is 0.873. The molecule has 2 rings (SSSR count). The largest absolute Gasteiger partial charge is 0.389 e. The summed E-state index contributed by atoms with van der Waals surface area (Å²) in [4.78, 5) is 1.93. The van der Waals surface area contributed by atoms with Crippen LogP contribution in [0.3, 0.4) is 0 Å². The van der Waals surface area contributed by atoms with Gasteiger partial charge < -0.3 is 10.0 Å². The number of halogens is 1. The van der Waals surface area contributed by atoms with Crippen molar-refractivity contribution in [3.8, 4) is 0 Å². The van der Waals surface area contributed by atoms with Gasteiger partial charge in [0, 0.05) is 28.8 Å². The molecule has 2 atom stereocenters. The van der Waals surface area contributed by atoms with Gasteiger partial charge in [0.1, 0.15) is 5.37 Å². The molecule has 112 valence electrons. The molecule has 1 saturated heterocycles. The molecule has 0 amide bonds. The third kappa shape index (κ3) is 3.50. The fourth-order valence-corrected chi connectivity index (χ4v) is 5.68. The van der Waals surface area contributed by atoms with Gasteiger partial charge in [0.2, 0.25) is 0 Å². The summed E-state index contributed by atoms with van der Waals surface area (Å²) < 4.78 is 24.7. The maximum absolute atomic E-state index is 11.9. The molecule has 0 aliphatic carbocycles. The van der Waals surface area contributed by atoms with E-state index >= 15 is 0 Å². The van der Waals surface area contributed by atoms with Crippen molar-refractivity contribution in [2.45, 2.75) is 18.4 Å². The standard InChI is InChI=1S/C13H18BrNO3S2/c1-9(16)10-3-4-12(11(14)7-10)15-5-6-19-8-13(15)20(2,17)18/h3-4,7,9,13,16H,5-6,8H2,1-2H3/t9-,13?/m1/s1. The van der Waals surface area contributed by atoms with E-state index in [0.717, 1.165) is 21.5 Å². The second kappa shape index (κ2) is 6.25. The van der Waals surface area contributed by atoms with E-state index in [1.807, 2.05) is 23.1 Å². The molecular formula is C13H18BrNO3S2. The van der Waals surface area contributed by atoms with E-state index in [-0.39, 0.29) is 0 Å². The molecule has 1 fully saturated rings. The zero-order valence-corrected chi connectivity index (χ0v) is 14.6. The predicted molar refractivity (Wildman–Crippen MR) is 88.1 cm³/mol. The highest BCUT2D eigenvalue weighted by atomic mass is 79.9. The van der Waals surface area contributed by atoms with Crippen LogP contribution in [0.15, 0.2) is 22.7 Å². The van der Waals surface area contributed by atoms with Crippen LogP contribution in [0.2, 0.25) is 0 Å². The molecule has 7 heteroatoms. The Bertz CT molecular complexity index is 589. The van der Waals surface area contributed by atoms with Crippen molar-refractivity contribution in [1.29, 1.82) is 0 Å². The molecule has 1 heterocycles. The predicted octanol–water partition coefficient (Wildman–Crippen LogP) is 2.43. The molecule has 0 aromatic heterocycles. The first-order valence-electron chi connectivity index (χ1n) is 6.31. The van der Waals surface area contributed by atoms with Crippen LogP contribution in [0, 0.1) is 0 Å². The summed E-state index contributed by atoms with van der Waals surface area (Å²) in [5, 5.41) is 9.11. The SMILES string of the molecule is C[C@@H](O)c1ccc(N2CCSCC2S(C)(=O)=O)c(Br)c1. The van der Waals surface area contributed by atoms with E-state index < -0.39 is 21.3 Å². The Morgan fingerprint density at radius 3 is 2.75 bits per heavy atom. The van der Waals surface area contributed by atoms with Crippen LogP contribution in [-0.4, -0.2) is 43.2 Å². The molecule has 1 aromatic carbocycles. The number of aliphatic hydroxyl groups excluding tert-OH is 1. The minimum Gasteiger partial charge on any atom is -0.389 e. The number of sulfone groups is 1. The summed E-state index contributed by atoms with van der Waals surface area (Å²) in [7, 11) is -3.13. The molecule has 1 aromatic rings. The van der Waals surface area contributed by atoms with Gasteiger partial charge in [-0.1, -0.05) is 6.07 Å². The average molecular weight is 380 g/mol. The Balaban J connectivity index is 2.38. The molecule has 0 radical (unpaired) electrons. The van der Waals surface area contributed by atoms with E-state index in [2.05, 4.69) is 15.9 Å². The number of rotatable bonds is 3. The minimum absolute atomic E-state index is 0.491. The molecule has 1 unspecified atom stereocenters. The molecule has 0 bridgehead atoms. The number of thioether (sulfide) groups is 1. The highest BCUT2D eigenvalue weighted by Gasteiger charge is 2.32. The van der Waals surface area contributed by atoms with Crippen LogP contribution >= 0.6 is 27.7 Å². The number of benzene rings is 1. The fourth-order valence-electron chi connectivity index (χ4n) is 2.23. The summed E-state index contributed by atoms with van der Waals surface area (Å²) in [5.74, 6) is 1.50. The first-order chi connectivity index (χ1) is 9.30. The van der Waals surface area contributed by atoms with Gasteiger partial charge in [-0.3, -0.25) is 0 Å². The van der Waals surface area contributed by atoms with Gasteiger partial charge in [0.15, 0.2) is 9.84 Å². The van der Waals surface area contributed by atoms with Crippen molar-refractivity contribution in [1.82, 2.24) is 0 Å². The molecule has 1 aliphatic rings. The Hall–Kier alpha value is -0.240. The first kappa shape index (κ1) is 16.1. The van der Waals surface area contributed by atoms with E-state index in [9.17, 15) is 13.5 Å². The monoisotopic (exact) mass is 379 g/mol.